The maximum absolute atomic E-state index is 12.5. The molecule has 2 rings (SSSR count). The highest BCUT2D eigenvalue weighted by Crippen LogP contribution is 2.32. The molecule has 1 aromatic carbocycles. The van der Waals surface area contributed by atoms with Crippen LogP contribution >= 0.6 is 0 Å². The lowest BCUT2D eigenvalue weighted by molar-refractivity contribution is -0.137. The molecule has 1 aliphatic rings. The first-order valence-corrected chi connectivity index (χ1v) is 6.50. The van der Waals surface area contributed by atoms with Gasteiger partial charge < -0.3 is 10.6 Å². The Morgan fingerprint density at radius 2 is 1.74 bits per heavy atom. The van der Waals surface area contributed by atoms with Gasteiger partial charge in [0.05, 0.1) is 5.56 Å². The summed E-state index contributed by atoms with van der Waals surface area (Å²) in [4.78, 5) is 2.13. The van der Waals surface area contributed by atoms with Crippen LogP contribution in [0.1, 0.15) is 25.8 Å². The lowest BCUT2D eigenvalue weighted by Gasteiger charge is -2.42. The topological polar surface area (TPSA) is 29.3 Å². The van der Waals surface area contributed by atoms with Gasteiger partial charge in [0.25, 0.3) is 0 Å². The molecule has 1 saturated heterocycles. The number of hydrogen-bond donors (Lipinski definition) is 1. The number of alkyl halides is 3. The summed E-state index contributed by atoms with van der Waals surface area (Å²) in [5, 5.41) is 0. The second kappa shape index (κ2) is 5.04. The van der Waals surface area contributed by atoms with Gasteiger partial charge in [-0.2, -0.15) is 13.2 Å². The van der Waals surface area contributed by atoms with Crippen molar-refractivity contribution in [3.8, 4) is 0 Å². The number of anilines is 1. The number of hydrogen-bond acceptors (Lipinski definition) is 2. The maximum atomic E-state index is 12.5. The molecule has 19 heavy (non-hydrogen) atoms. The molecule has 3 atom stereocenters. The molecular formula is C14H19F3N2. The SMILES string of the molecule is CC1C(N)CCN(c2ccc(C(F)(F)F)cc2)C1C. The molecule has 5 heteroatoms. The molecule has 2 nitrogen and oxygen atoms in total. The van der Waals surface area contributed by atoms with Gasteiger partial charge in [0, 0.05) is 24.3 Å². The summed E-state index contributed by atoms with van der Waals surface area (Å²) in [6, 6.07) is 5.77. The third-order valence-electron chi connectivity index (χ3n) is 4.16. The third kappa shape index (κ3) is 2.86. The van der Waals surface area contributed by atoms with Crippen LogP contribution in [0.3, 0.4) is 0 Å². The molecule has 3 unspecified atom stereocenters. The summed E-state index contributed by atoms with van der Waals surface area (Å²) in [6.45, 7) is 4.95. The van der Waals surface area contributed by atoms with Crippen LogP contribution in [0.4, 0.5) is 18.9 Å². The minimum Gasteiger partial charge on any atom is -0.368 e. The number of benzene rings is 1. The third-order valence-corrected chi connectivity index (χ3v) is 4.16. The van der Waals surface area contributed by atoms with Gasteiger partial charge in [0.2, 0.25) is 0 Å². The van der Waals surface area contributed by atoms with E-state index in [0.717, 1.165) is 30.8 Å². The number of nitrogens with two attached hydrogens (primary N) is 1. The van der Waals surface area contributed by atoms with E-state index in [2.05, 4.69) is 18.7 Å². The first-order valence-electron chi connectivity index (χ1n) is 6.50. The summed E-state index contributed by atoms with van der Waals surface area (Å²) in [5.74, 6) is 0.330. The molecule has 0 radical (unpaired) electrons. The lowest BCUT2D eigenvalue weighted by Crippen LogP contribution is -2.51. The van der Waals surface area contributed by atoms with Gasteiger partial charge in [-0.15, -0.1) is 0 Å². The highest BCUT2D eigenvalue weighted by Gasteiger charge is 2.32. The van der Waals surface area contributed by atoms with Crippen molar-refractivity contribution in [2.45, 2.75) is 38.5 Å². The van der Waals surface area contributed by atoms with Crippen molar-refractivity contribution in [2.24, 2.45) is 11.7 Å². The zero-order valence-electron chi connectivity index (χ0n) is 11.1. The molecule has 0 aliphatic carbocycles. The van der Waals surface area contributed by atoms with E-state index < -0.39 is 11.7 Å². The average molecular weight is 272 g/mol. The fourth-order valence-electron chi connectivity index (χ4n) is 2.60. The van der Waals surface area contributed by atoms with Crippen molar-refractivity contribution < 1.29 is 13.2 Å². The van der Waals surface area contributed by atoms with Gasteiger partial charge >= 0.3 is 6.18 Å². The maximum Gasteiger partial charge on any atom is 0.416 e. The highest BCUT2D eigenvalue weighted by atomic mass is 19.4. The van der Waals surface area contributed by atoms with Crippen molar-refractivity contribution in [3.05, 3.63) is 29.8 Å². The summed E-state index contributed by atoms with van der Waals surface area (Å²) in [7, 11) is 0. The predicted molar refractivity (Wildman–Crippen MR) is 70.0 cm³/mol. The van der Waals surface area contributed by atoms with Gasteiger partial charge in [-0.25, -0.2) is 0 Å². The van der Waals surface area contributed by atoms with E-state index in [0.29, 0.717) is 5.92 Å². The van der Waals surface area contributed by atoms with Crippen LogP contribution in [-0.4, -0.2) is 18.6 Å². The molecule has 0 aromatic heterocycles. The highest BCUT2D eigenvalue weighted by molar-refractivity contribution is 5.49. The van der Waals surface area contributed by atoms with Crippen LogP contribution in [0, 0.1) is 5.92 Å². The van der Waals surface area contributed by atoms with Gasteiger partial charge in [0.15, 0.2) is 0 Å². The molecule has 1 aromatic rings. The van der Waals surface area contributed by atoms with Crippen LogP contribution < -0.4 is 10.6 Å². The second-order valence-corrected chi connectivity index (χ2v) is 5.29. The fraction of sp³-hybridized carbons (Fsp3) is 0.571. The molecule has 0 amide bonds. The first-order chi connectivity index (χ1) is 8.80. The summed E-state index contributed by atoms with van der Waals surface area (Å²) in [5.41, 5.74) is 6.24. The minimum absolute atomic E-state index is 0.167. The smallest absolute Gasteiger partial charge is 0.368 e. The second-order valence-electron chi connectivity index (χ2n) is 5.29. The lowest BCUT2D eigenvalue weighted by atomic mass is 9.87. The van der Waals surface area contributed by atoms with E-state index >= 15 is 0 Å². The summed E-state index contributed by atoms with van der Waals surface area (Å²) >= 11 is 0. The normalized spacial score (nSPS) is 28.5. The zero-order chi connectivity index (χ0) is 14.2. The molecule has 0 saturated carbocycles. The summed E-state index contributed by atoms with van der Waals surface area (Å²) in [6.07, 6.45) is -3.41. The van der Waals surface area contributed by atoms with Gasteiger partial charge in [-0.3, -0.25) is 0 Å². The van der Waals surface area contributed by atoms with Gasteiger partial charge in [-0.05, 0) is 43.5 Å². The first kappa shape index (κ1) is 14.2. The van der Waals surface area contributed by atoms with E-state index in [4.69, 9.17) is 5.73 Å². The van der Waals surface area contributed by atoms with Crippen molar-refractivity contribution >= 4 is 5.69 Å². The number of halogens is 3. The number of piperidine rings is 1. The molecular weight excluding hydrogens is 253 g/mol. The zero-order valence-corrected chi connectivity index (χ0v) is 11.1. The molecule has 0 spiro atoms. The van der Waals surface area contributed by atoms with E-state index in [1.807, 2.05) is 0 Å². The quantitative estimate of drug-likeness (QED) is 0.850. The van der Waals surface area contributed by atoms with Gasteiger partial charge in [-0.1, -0.05) is 6.92 Å². The predicted octanol–water partition coefficient (Wildman–Crippen LogP) is 3.27. The van der Waals surface area contributed by atoms with Crippen LogP contribution in [0.5, 0.6) is 0 Å². The fourth-order valence-corrected chi connectivity index (χ4v) is 2.60. The van der Waals surface area contributed by atoms with E-state index in [-0.39, 0.29) is 12.1 Å². The Hall–Kier alpha value is -1.23. The molecule has 1 aliphatic heterocycles. The Labute approximate surface area is 111 Å². The largest absolute Gasteiger partial charge is 0.416 e. The number of nitrogens with zero attached hydrogens (tertiary/aromatic N) is 1. The summed E-state index contributed by atoms with van der Waals surface area (Å²) < 4.78 is 37.6. The van der Waals surface area contributed by atoms with Crippen molar-refractivity contribution in [1.29, 1.82) is 0 Å². The monoisotopic (exact) mass is 272 g/mol. The average Bonchev–Trinajstić information content (AvgIpc) is 2.35. The van der Waals surface area contributed by atoms with E-state index in [9.17, 15) is 13.2 Å². The van der Waals surface area contributed by atoms with Crippen molar-refractivity contribution in [2.75, 3.05) is 11.4 Å². The Bertz CT molecular complexity index is 427. The van der Waals surface area contributed by atoms with Gasteiger partial charge in [0.1, 0.15) is 0 Å². The Morgan fingerprint density at radius 1 is 1.16 bits per heavy atom. The molecule has 2 N–H and O–H groups in total. The van der Waals surface area contributed by atoms with Crippen molar-refractivity contribution in [3.63, 3.8) is 0 Å². The van der Waals surface area contributed by atoms with Crippen LogP contribution in [-0.2, 0) is 6.18 Å². The Kier molecular flexibility index (Phi) is 3.76. The Morgan fingerprint density at radius 3 is 2.26 bits per heavy atom. The standard InChI is InChI=1S/C14H19F3N2/c1-9-10(2)19(8-7-13(9)18)12-5-3-11(4-6-12)14(15,16)17/h3-6,9-10,13H,7-8,18H2,1-2H3. The van der Waals surface area contributed by atoms with Crippen LogP contribution in [0.2, 0.25) is 0 Å². The van der Waals surface area contributed by atoms with Crippen molar-refractivity contribution in [1.82, 2.24) is 0 Å². The number of rotatable bonds is 1. The van der Waals surface area contributed by atoms with Crippen LogP contribution in [0.25, 0.3) is 0 Å². The van der Waals surface area contributed by atoms with Crippen LogP contribution in [0.15, 0.2) is 24.3 Å². The molecule has 0 bridgehead atoms. The minimum atomic E-state index is -4.28. The molecule has 1 heterocycles. The molecule has 106 valence electrons. The van der Waals surface area contributed by atoms with E-state index in [1.165, 1.54) is 0 Å². The Balaban J connectivity index is 2.19. The van der Waals surface area contributed by atoms with E-state index in [1.54, 1.807) is 12.1 Å². The molecule has 1 fully saturated rings.